The number of aliphatic hydroxyl groups is 1. The smallest absolute Gasteiger partial charge is 0.392 e. The highest BCUT2D eigenvalue weighted by atomic mass is 19.4. The molecule has 0 spiro atoms. The Labute approximate surface area is 107 Å². The molecule has 0 unspecified atom stereocenters. The summed E-state index contributed by atoms with van der Waals surface area (Å²) in [5.41, 5.74) is -0.254. The molecule has 0 fully saturated rings. The third-order valence-corrected chi connectivity index (χ3v) is 2.76. The highest BCUT2D eigenvalue weighted by Crippen LogP contribution is 2.35. The lowest BCUT2D eigenvalue weighted by molar-refractivity contribution is -0.138. The zero-order valence-corrected chi connectivity index (χ0v) is 9.71. The first-order chi connectivity index (χ1) is 8.91. The summed E-state index contributed by atoms with van der Waals surface area (Å²) in [6.45, 7) is -0.682. The number of rotatable bonds is 2. The zero-order chi connectivity index (χ0) is 14.0. The van der Waals surface area contributed by atoms with E-state index >= 15 is 0 Å². The summed E-state index contributed by atoms with van der Waals surface area (Å²) < 4.78 is 51.2. The maximum Gasteiger partial charge on any atom is 0.416 e. The monoisotopic (exact) mass is 270 g/mol. The first kappa shape index (κ1) is 13.5. The molecule has 2 aromatic rings. The van der Waals surface area contributed by atoms with Crippen molar-refractivity contribution in [3.05, 3.63) is 59.4 Å². The average Bonchev–Trinajstić information content (AvgIpc) is 2.38. The van der Waals surface area contributed by atoms with Crippen LogP contribution in [-0.4, -0.2) is 5.11 Å². The van der Waals surface area contributed by atoms with Gasteiger partial charge in [0.2, 0.25) is 0 Å². The molecule has 100 valence electrons. The Bertz CT molecular complexity index is 573. The van der Waals surface area contributed by atoms with Crippen LogP contribution in [-0.2, 0) is 12.8 Å². The van der Waals surface area contributed by atoms with Crippen molar-refractivity contribution >= 4 is 0 Å². The normalized spacial score (nSPS) is 11.6. The Morgan fingerprint density at radius 3 is 2.00 bits per heavy atom. The fraction of sp³-hybridized carbons (Fsp3) is 0.143. The molecule has 0 aliphatic rings. The number of benzene rings is 2. The van der Waals surface area contributed by atoms with E-state index in [-0.39, 0.29) is 5.56 Å². The van der Waals surface area contributed by atoms with E-state index in [0.29, 0.717) is 11.1 Å². The van der Waals surface area contributed by atoms with E-state index in [1.165, 1.54) is 36.4 Å². The van der Waals surface area contributed by atoms with Crippen molar-refractivity contribution in [1.29, 1.82) is 0 Å². The molecule has 0 aliphatic heterocycles. The Morgan fingerprint density at radius 1 is 0.895 bits per heavy atom. The van der Waals surface area contributed by atoms with Gasteiger partial charge in [0.25, 0.3) is 0 Å². The van der Waals surface area contributed by atoms with Gasteiger partial charge in [0.15, 0.2) is 0 Å². The fourth-order valence-electron chi connectivity index (χ4n) is 1.80. The molecule has 0 aliphatic carbocycles. The van der Waals surface area contributed by atoms with Gasteiger partial charge in [-0.25, -0.2) is 4.39 Å². The Balaban J connectivity index is 2.52. The molecule has 1 nitrogen and oxygen atoms in total. The summed E-state index contributed by atoms with van der Waals surface area (Å²) in [5.74, 6) is -0.452. The van der Waals surface area contributed by atoms with Crippen LogP contribution in [0, 0.1) is 5.82 Å². The van der Waals surface area contributed by atoms with Crippen molar-refractivity contribution in [3.8, 4) is 11.1 Å². The largest absolute Gasteiger partial charge is 0.416 e. The fourth-order valence-corrected chi connectivity index (χ4v) is 1.80. The second-order valence-corrected chi connectivity index (χ2v) is 4.03. The second kappa shape index (κ2) is 5.01. The zero-order valence-electron chi connectivity index (χ0n) is 9.71. The van der Waals surface area contributed by atoms with E-state index in [4.69, 9.17) is 5.11 Å². The van der Waals surface area contributed by atoms with Gasteiger partial charge in [-0.2, -0.15) is 13.2 Å². The first-order valence-corrected chi connectivity index (χ1v) is 5.49. The van der Waals surface area contributed by atoms with E-state index < -0.39 is 24.2 Å². The van der Waals surface area contributed by atoms with Crippen molar-refractivity contribution in [3.63, 3.8) is 0 Å². The predicted octanol–water partition coefficient (Wildman–Crippen LogP) is 4.00. The summed E-state index contributed by atoms with van der Waals surface area (Å²) in [7, 11) is 0. The number of aliphatic hydroxyl groups excluding tert-OH is 1. The molecule has 2 aromatic carbocycles. The van der Waals surface area contributed by atoms with Gasteiger partial charge < -0.3 is 5.11 Å². The van der Waals surface area contributed by atoms with Gasteiger partial charge in [-0.1, -0.05) is 24.3 Å². The highest BCUT2D eigenvalue weighted by Gasteiger charge is 2.33. The summed E-state index contributed by atoms with van der Waals surface area (Å²) >= 11 is 0. The number of alkyl halides is 3. The van der Waals surface area contributed by atoms with Gasteiger partial charge in [0.05, 0.1) is 12.2 Å². The summed E-state index contributed by atoms with van der Waals surface area (Å²) in [5, 5.41) is 8.93. The molecule has 19 heavy (non-hydrogen) atoms. The van der Waals surface area contributed by atoms with Crippen molar-refractivity contribution in [2.24, 2.45) is 0 Å². The van der Waals surface area contributed by atoms with Crippen LogP contribution in [0.15, 0.2) is 42.5 Å². The third kappa shape index (κ3) is 2.93. The first-order valence-electron chi connectivity index (χ1n) is 5.49. The second-order valence-electron chi connectivity index (χ2n) is 4.03. The molecule has 1 N–H and O–H groups in total. The van der Waals surface area contributed by atoms with E-state index in [2.05, 4.69) is 0 Å². The average molecular weight is 270 g/mol. The lowest BCUT2D eigenvalue weighted by Gasteiger charge is -2.13. The van der Waals surface area contributed by atoms with Gasteiger partial charge in [-0.05, 0) is 34.9 Å². The molecule has 0 atom stereocenters. The minimum Gasteiger partial charge on any atom is -0.392 e. The quantitative estimate of drug-likeness (QED) is 0.818. The molecule has 0 saturated heterocycles. The summed E-state index contributed by atoms with van der Waals surface area (Å²) in [4.78, 5) is 0. The lowest BCUT2D eigenvalue weighted by atomic mass is 9.99. The molecule has 0 saturated carbocycles. The van der Waals surface area contributed by atoms with Crippen LogP contribution in [0.5, 0.6) is 0 Å². The van der Waals surface area contributed by atoms with Crippen molar-refractivity contribution in [2.45, 2.75) is 12.8 Å². The minimum atomic E-state index is -4.53. The molecular weight excluding hydrogens is 260 g/mol. The van der Waals surface area contributed by atoms with Crippen molar-refractivity contribution in [2.75, 3.05) is 0 Å². The van der Waals surface area contributed by atoms with E-state index in [1.54, 1.807) is 0 Å². The van der Waals surface area contributed by atoms with E-state index in [0.717, 1.165) is 6.07 Å². The van der Waals surface area contributed by atoms with Gasteiger partial charge in [-0.15, -0.1) is 0 Å². The SMILES string of the molecule is OCc1ccc(-c2ccc(F)cc2)cc1C(F)(F)F. The van der Waals surface area contributed by atoms with Crippen LogP contribution in [0.25, 0.3) is 11.1 Å². The van der Waals surface area contributed by atoms with Gasteiger partial charge >= 0.3 is 6.18 Å². The van der Waals surface area contributed by atoms with Crippen LogP contribution in [0.2, 0.25) is 0 Å². The standard InChI is InChI=1S/C14H10F4O/c15-12-5-3-9(4-6-12)10-1-2-11(8-19)13(7-10)14(16,17)18/h1-7,19H,8H2. The molecular formula is C14H10F4O. The molecule has 0 amide bonds. The number of halogens is 4. The van der Waals surface area contributed by atoms with Crippen LogP contribution in [0.1, 0.15) is 11.1 Å². The van der Waals surface area contributed by atoms with Gasteiger partial charge in [0.1, 0.15) is 5.82 Å². The Hall–Kier alpha value is -1.88. The van der Waals surface area contributed by atoms with Gasteiger partial charge in [0, 0.05) is 0 Å². The molecule has 2 rings (SSSR count). The maximum absolute atomic E-state index is 12.8. The summed E-state index contributed by atoms with van der Waals surface area (Å²) in [6.07, 6.45) is -4.53. The Kier molecular flexibility index (Phi) is 3.57. The lowest BCUT2D eigenvalue weighted by Crippen LogP contribution is -2.09. The topological polar surface area (TPSA) is 20.2 Å². The van der Waals surface area contributed by atoms with Crippen LogP contribution < -0.4 is 0 Å². The van der Waals surface area contributed by atoms with Crippen LogP contribution >= 0.6 is 0 Å². The molecule has 0 radical (unpaired) electrons. The van der Waals surface area contributed by atoms with E-state index in [9.17, 15) is 17.6 Å². The van der Waals surface area contributed by atoms with Crippen molar-refractivity contribution < 1.29 is 22.7 Å². The highest BCUT2D eigenvalue weighted by molar-refractivity contribution is 5.65. The number of hydrogen-bond donors (Lipinski definition) is 1. The van der Waals surface area contributed by atoms with Crippen LogP contribution in [0.3, 0.4) is 0 Å². The molecule has 5 heteroatoms. The van der Waals surface area contributed by atoms with Crippen LogP contribution in [0.4, 0.5) is 17.6 Å². The Morgan fingerprint density at radius 2 is 1.47 bits per heavy atom. The summed E-state index contributed by atoms with van der Waals surface area (Å²) in [6, 6.07) is 8.83. The number of hydrogen-bond acceptors (Lipinski definition) is 1. The minimum absolute atomic E-state index is 0.182. The third-order valence-electron chi connectivity index (χ3n) is 2.76. The molecule has 0 aromatic heterocycles. The maximum atomic E-state index is 12.8. The predicted molar refractivity (Wildman–Crippen MR) is 62.8 cm³/mol. The van der Waals surface area contributed by atoms with Gasteiger partial charge in [-0.3, -0.25) is 0 Å². The molecule has 0 bridgehead atoms. The molecule has 0 heterocycles. The van der Waals surface area contributed by atoms with E-state index in [1.807, 2.05) is 0 Å². The van der Waals surface area contributed by atoms with Crippen molar-refractivity contribution in [1.82, 2.24) is 0 Å².